The van der Waals surface area contributed by atoms with Gasteiger partial charge in [-0.15, -0.1) is 0 Å². The predicted octanol–water partition coefficient (Wildman–Crippen LogP) is 11.6. The minimum Gasteiger partial charge on any atom is -0.455 e. The quantitative estimate of drug-likeness (QED) is 0.206. The lowest BCUT2D eigenvalue weighted by Gasteiger charge is -2.12. The summed E-state index contributed by atoms with van der Waals surface area (Å²) in [4.78, 5) is 10.4. The number of nitrogens with zero attached hydrogens (tertiary/aromatic N) is 2. The molecule has 10 rings (SSSR count). The number of furan rings is 2. The van der Waals surface area contributed by atoms with Crippen LogP contribution in [0.2, 0.25) is 0 Å². The monoisotopic (exact) mass is 588 g/mol. The molecule has 0 aliphatic carbocycles. The molecule has 4 heteroatoms. The molecule has 0 N–H and O–H groups in total. The van der Waals surface area contributed by atoms with Crippen LogP contribution in [0.3, 0.4) is 0 Å². The fourth-order valence-corrected chi connectivity index (χ4v) is 7.02. The smallest absolute Gasteiger partial charge is 0.180 e. The van der Waals surface area contributed by atoms with E-state index in [2.05, 4.69) is 97.1 Å². The van der Waals surface area contributed by atoms with E-state index in [1.54, 1.807) is 0 Å². The summed E-state index contributed by atoms with van der Waals surface area (Å²) in [5.41, 5.74) is 8.95. The van der Waals surface area contributed by atoms with Gasteiger partial charge in [-0.1, -0.05) is 121 Å². The van der Waals surface area contributed by atoms with Gasteiger partial charge in [0.1, 0.15) is 28.0 Å². The zero-order valence-corrected chi connectivity index (χ0v) is 24.6. The summed E-state index contributed by atoms with van der Waals surface area (Å²) >= 11 is 0. The third-order valence-electron chi connectivity index (χ3n) is 9.09. The van der Waals surface area contributed by atoms with Crippen molar-refractivity contribution in [3.63, 3.8) is 0 Å². The average Bonchev–Trinajstić information content (AvgIpc) is 3.70. The van der Waals surface area contributed by atoms with Gasteiger partial charge in [-0.2, -0.15) is 0 Å². The number of hydrogen-bond donors (Lipinski definition) is 0. The van der Waals surface area contributed by atoms with E-state index in [9.17, 15) is 0 Å². The van der Waals surface area contributed by atoms with E-state index in [1.807, 2.05) is 48.5 Å². The second-order valence-corrected chi connectivity index (χ2v) is 11.7. The van der Waals surface area contributed by atoms with Gasteiger partial charge in [0.15, 0.2) is 11.4 Å². The van der Waals surface area contributed by atoms with Gasteiger partial charge in [0, 0.05) is 32.7 Å². The summed E-state index contributed by atoms with van der Waals surface area (Å²) < 4.78 is 13.1. The van der Waals surface area contributed by atoms with Crippen molar-refractivity contribution in [1.29, 1.82) is 0 Å². The number of benzene rings is 7. The molecule has 214 valence electrons. The molecular formula is C42H24N2O2. The van der Waals surface area contributed by atoms with Crippen LogP contribution >= 0.6 is 0 Å². The summed E-state index contributed by atoms with van der Waals surface area (Å²) in [6.07, 6.45) is 0. The van der Waals surface area contributed by atoms with Crippen molar-refractivity contribution >= 4 is 65.6 Å². The van der Waals surface area contributed by atoms with Crippen LogP contribution in [0.5, 0.6) is 0 Å². The molecule has 0 aliphatic heterocycles. The molecule has 0 radical (unpaired) electrons. The Hall–Kier alpha value is -6.26. The van der Waals surface area contributed by atoms with E-state index in [1.165, 1.54) is 21.9 Å². The highest BCUT2D eigenvalue weighted by molar-refractivity contribution is 6.23. The summed E-state index contributed by atoms with van der Waals surface area (Å²) in [5.74, 6) is 0.631. The summed E-state index contributed by atoms with van der Waals surface area (Å²) in [7, 11) is 0. The summed E-state index contributed by atoms with van der Waals surface area (Å²) in [6, 6.07) is 50.3. The van der Waals surface area contributed by atoms with Crippen molar-refractivity contribution in [3.8, 4) is 33.8 Å². The molecule has 3 heterocycles. The van der Waals surface area contributed by atoms with E-state index in [4.69, 9.17) is 18.8 Å². The van der Waals surface area contributed by atoms with Crippen LogP contribution in [0.15, 0.2) is 154 Å². The molecular weight excluding hydrogens is 564 g/mol. The van der Waals surface area contributed by atoms with Crippen molar-refractivity contribution < 1.29 is 8.83 Å². The first kappa shape index (κ1) is 25.1. The maximum atomic E-state index is 6.69. The van der Waals surface area contributed by atoms with Gasteiger partial charge in [0.05, 0.1) is 0 Å². The molecule has 3 aromatic heterocycles. The maximum Gasteiger partial charge on any atom is 0.180 e. The zero-order chi connectivity index (χ0) is 30.2. The van der Waals surface area contributed by atoms with Gasteiger partial charge in [-0.3, -0.25) is 0 Å². The minimum absolute atomic E-state index is 0.631. The standard InChI is InChI=1S/C42H24N2O2/c1-2-13-26(14-3-1)38-41-39(31-19-8-9-22-35(31)45-41)44-42(43-38)32-21-11-23-36-37(32)34-24-33(29-17-6-7-18-30(29)40(34)46-36)28-20-10-15-25-12-4-5-16-27(25)28/h1-24H. The van der Waals surface area contributed by atoms with Crippen LogP contribution in [0.1, 0.15) is 0 Å². The summed E-state index contributed by atoms with van der Waals surface area (Å²) in [5, 5.41) is 7.66. The predicted molar refractivity (Wildman–Crippen MR) is 188 cm³/mol. The lowest BCUT2D eigenvalue weighted by atomic mass is 9.91. The lowest BCUT2D eigenvalue weighted by molar-refractivity contribution is 0.667. The Morgan fingerprint density at radius 2 is 1.07 bits per heavy atom. The molecule has 10 aromatic rings. The maximum absolute atomic E-state index is 6.69. The van der Waals surface area contributed by atoms with E-state index in [0.717, 1.165) is 66.0 Å². The van der Waals surface area contributed by atoms with Crippen molar-refractivity contribution in [2.75, 3.05) is 0 Å². The molecule has 0 atom stereocenters. The first-order valence-corrected chi connectivity index (χ1v) is 15.4. The Morgan fingerprint density at radius 3 is 1.96 bits per heavy atom. The van der Waals surface area contributed by atoms with E-state index in [0.29, 0.717) is 11.4 Å². The van der Waals surface area contributed by atoms with E-state index < -0.39 is 0 Å². The summed E-state index contributed by atoms with van der Waals surface area (Å²) in [6.45, 7) is 0. The van der Waals surface area contributed by atoms with Crippen molar-refractivity contribution in [2.24, 2.45) is 0 Å². The van der Waals surface area contributed by atoms with Crippen LogP contribution in [0.4, 0.5) is 0 Å². The number of rotatable bonds is 3. The molecule has 0 fully saturated rings. The Morgan fingerprint density at radius 1 is 0.413 bits per heavy atom. The largest absolute Gasteiger partial charge is 0.455 e. The third-order valence-corrected chi connectivity index (χ3v) is 9.09. The highest BCUT2D eigenvalue weighted by Gasteiger charge is 2.22. The molecule has 4 nitrogen and oxygen atoms in total. The Balaban J connectivity index is 1.32. The molecule has 0 unspecified atom stereocenters. The van der Waals surface area contributed by atoms with Gasteiger partial charge in [0.2, 0.25) is 0 Å². The third kappa shape index (κ3) is 3.61. The molecule has 0 saturated carbocycles. The van der Waals surface area contributed by atoms with E-state index in [-0.39, 0.29) is 0 Å². The highest BCUT2D eigenvalue weighted by Crippen LogP contribution is 2.44. The van der Waals surface area contributed by atoms with Gasteiger partial charge < -0.3 is 8.83 Å². The fraction of sp³-hybridized carbons (Fsp3) is 0. The number of fused-ring (bicyclic) bond motifs is 9. The first-order valence-electron chi connectivity index (χ1n) is 15.4. The lowest BCUT2D eigenvalue weighted by Crippen LogP contribution is -1.94. The Labute approximate surface area is 263 Å². The van der Waals surface area contributed by atoms with Crippen LogP contribution < -0.4 is 0 Å². The SMILES string of the molecule is c1ccc(-c2nc(-c3cccc4oc5c6ccccc6c(-c6cccc7ccccc67)cc5c34)nc3c2oc2ccccc23)cc1. The molecule has 0 saturated heterocycles. The van der Waals surface area contributed by atoms with E-state index >= 15 is 0 Å². The van der Waals surface area contributed by atoms with Gasteiger partial charge in [-0.25, -0.2) is 9.97 Å². The van der Waals surface area contributed by atoms with Gasteiger partial charge in [0.25, 0.3) is 0 Å². The van der Waals surface area contributed by atoms with Gasteiger partial charge >= 0.3 is 0 Å². The second kappa shape index (κ2) is 9.62. The fourth-order valence-electron chi connectivity index (χ4n) is 7.02. The molecule has 46 heavy (non-hydrogen) atoms. The van der Waals surface area contributed by atoms with Crippen LogP contribution in [0, 0.1) is 0 Å². The Bertz CT molecular complexity index is 2800. The average molecular weight is 589 g/mol. The van der Waals surface area contributed by atoms with Gasteiger partial charge in [-0.05, 0) is 51.6 Å². The zero-order valence-electron chi connectivity index (χ0n) is 24.6. The number of para-hydroxylation sites is 1. The first-order chi connectivity index (χ1) is 22.8. The van der Waals surface area contributed by atoms with Crippen LogP contribution in [-0.4, -0.2) is 9.97 Å². The highest BCUT2D eigenvalue weighted by atomic mass is 16.3. The van der Waals surface area contributed by atoms with Crippen molar-refractivity contribution in [2.45, 2.75) is 0 Å². The molecule has 0 spiro atoms. The minimum atomic E-state index is 0.631. The van der Waals surface area contributed by atoms with Crippen molar-refractivity contribution in [1.82, 2.24) is 9.97 Å². The van der Waals surface area contributed by atoms with Crippen LogP contribution in [-0.2, 0) is 0 Å². The second-order valence-electron chi connectivity index (χ2n) is 11.7. The molecule has 0 amide bonds. The normalized spacial score (nSPS) is 11.9. The van der Waals surface area contributed by atoms with Crippen molar-refractivity contribution in [3.05, 3.63) is 146 Å². The molecule has 0 aliphatic rings. The Kier molecular flexibility index (Phi) is 5.25. The number of hydrogen-bond acceptors (Lipinski definition) is 4. The topological polar surface area (TPSA) is 52.1 Å². The van der Waals surface area contributed by atoms with Crippen LogP contribution in [0.25, 0.3) is 99.3 Å². The molecule has 7 aromatic carbocycles. The molecule has 0 bridgehead atoms. The number of aromatic nitrogens is 2.